The Hall–Kier alpha value is -0.890. The van der Waals surface area contributed by atoms with Crippen molar-refractivity contribution in [1.29, 1.82) is 0 Å². The molecule has 1 aliphatic heterocycles. The number of likely N-dealkylation sites (N-methyl/N-ethyl adjacent to an activating group) is 1. The maximum absolute atomic E-state index is 12.7. The first kappa shape index (κ1) is 15.5. The highest BCUT2D eigenvalue weighted by Gasteiger charge is 2.30. The van der Waals surface area contributed by atoms with E-state index in [1.165, 1.54) is 10.4 Å². The number of rotatable bonds is 6. The zero-order valence-electron chi connectivity index (χ0n) is 12.0. The fourth-order valence-corrected chi connectivity index (χ4v) is 4.10. The summed E-state index contributed by atoms with van der Waals surface area (Å²) in [6.07, 6.45) is 1.89. The van der Waals surface area contributed by atoms with Crippen molar-refractivity contribution in [1.82, 2.24) is 4.31 Å². The van der Waals surface area contributed by atoms with Crippen molar-refractivity contribution in [2.75, 3.05) is 19.7 Å². The van der Waals surface area contributed by atoms with E-state index in [1.54, 1.807) is 6.92 Å². The number of nitrogens with zero attached hydrogens (tertiary/aromatic N) is 1. The van der Waals surface area contributed by atoms with Gasteiger partial charge in [0.05, 0.1) is 12.6 Å². The number of aryl methyl sites for hydroxylation is 1. The molecule has 6 nitrogen and oxygen atoms in total. The van der Waals surface area contributed by atoms with E-state index in [4.69, 9.17) is 14.9 Å². The Balaban J connectivity index is 2.23. The Morgan fingerprint density at radius 3 is 2.75 bits per heavy atom. The predicted octanol–water partition coefficient (Wildman–Crippen LogP) is 1.24. The Morgan fingerprint density at radius 1 is 1.50 bits per heavy atom. The van der Waals surface area contributed by atoms with Crippen LogP contribution >= 0.6 is 0 Å². The predicted molar refractivity (Wildman–Crippen MR) is 74.7 cm³/mol. The second-order valence-electron chi connectivity index (χ2n) is 4.93. The quantitative estimate of drug-likeness (QED) is 0.854. The van der Waals surface area contributed by atoms with E-state index in [0.29, 0.717) is 31.2 Å². The van der Waals surface area contributed by atoms with Gasteiger partial charge in [-0.3, -0.25) is 0 Å². The number of furan rings is 1. The average Bonchev–Trinajstić information content (AvgIpc) is 3.04. The van der Waals surface area contributed by atoms with Gasteiger partial charge < -0.3 is 14.9 Å². The molecule has 2 heterocycles. The lowest BCUT2D eigenvalue weighted by Crippen LogP contribution is -2.37. The molecule has 7 heteroatoms. The first-order chi connectivity index (χ1) is 9.48. The molecule has 0 amide bonds. The average molecular weight is 302 g/mol. The second kappa shape index (κ2) is 6.26. The van der Waals surface area contributed by atoms with Crippen LogP contribution in [0.25, 0.3) is 0 Å². The van der Waals surface area contributed by atoms with Crippen LogP contribution in [0.5, 0.6) is 0 Å². The summed E-state index contributed by atoms with van der Waals surface area (Å²) in [6.45, 7) is 5.17. The van der Waals surface area contributed by atoms with E-state index < -0.39 is 10.0 Å². The van der Waals surface area contributed by atoms with Gasteiger partial charge in [-0.2, -0.15) is 4.31 Å². The van der Waals surface area contributed by atoms with Crippen molar-refractivity contribution in [3.63, 3.8) is 0 Å². The molecule has 0 saturated carbocycles. The molecule has 0 radical (unpaired) electrons. The lowest BCUT2D eigenvalue weighted by Gasteiger charge is -2.22. The molecule has 1 fully saturated rings. The van der Waals surface area contributed by atoms with Gasteiger partial charge in [-0.15, -0.1) is 0 Å². The van der Waals surface area contributed by atoms with Crippen LogP contribution in [0.15, 0.2) is 15.4 Å². The highest BCUT2D eigenvalue weighted by Crippen LogP contribution is 2.25. The third kappa shape index (κ3) is 3.06. The fraction of sp³-hybridized carbons (Fsp3) is 0.692. The van der Waals surface area contributed by atoms with Gasteiger partial charge >= 0.3 is 0 Å². The third-order valence-corrected chi connectivity index (χ3v) is 5.57. The van der Waals surface area contributed by atoms with Gasteiger partial charge in [0.2, 0.25) is 10.0 Å². The van der Waals surface area contributed by atoms with E-state index in [9.17, 15) is 8.42 Å². The van der Waals surface area contributed by atoms with Gasteiger partial charge in [-0.1, -0.05) is 6.92 Å². The second-order valence-corrected chi connectivity index (χ2v) is 6.83. The molecule has 20 heavy (non-hydrogen) atoms. The van der Waals surface area contributed by atoms with E-state index >= 15 is 0 Å². The fourth-order valence-electron chi connectivity index (χ4n) is 2.43. The number of hydrogen-bond donors (Lipinski definition) is 1. The Labute approximate surface area is 119 Å². The molecule has 0 bridgehead atoms. The molecule has 114 valence electrons. The van der Waals surface area contributed by atoms with Gasteiger partial charge in [0.15, 0.2) is 0 Å². The van der Waals surface area contributed by atoms with Crippen LogP contribution in [0.3, 0.4) is 0 Å². The largest absolute Gasteiger partial charge is 0.464 e. The summed E-state index contributed by atoms with van der Waals surface area (Å²) in [6, 6.07) is 1.52. The summed E-state index contributed by atoms with van der Waals surface area (Å²) in [7, 11) is -3.55. The molecule has 1 aromatic rings. The molecule has 1 unspecified atom stereocenters. The lowest BCUT2D eigenvalue weighted by atomic mass is 10.2. The zero-order valence-corrected chi connectivity index (χ0v) is 12.8. The molecule has 0 aliphatic carbocycles. The molecule has 1 saturated heterocycles. The minimum Gasteiger partial charge on any atom is -0.464 e. The summed E-state index contributed by atoms with van der Waals surface area (Å²) in [5.41, 5.74) is 5.49. The van der Waals surface area contributed by atoms with Gasteiger partial charge in [0, 0.05) is 25.8 Å². The van der Waals surface area contributed by atoms with Crippen molar-refractivity contribution in [2.24, 2.45) is 5.73 Å². The van der Waals surface area contributed by atoms with Crippen molar-refractivity contribution in [3.8, 4) is 0 Å². The standard InChI is InChI=1S/C13H22N2O4S/c1-3-15(9-11-5-4-6-18-11)20(16,17)13-7-12(8-14)19-10(13)2/h7,11H,3-6,8-9,14H2,1-2H3. The Bertz CT molecular complexity index is 547. The Morgan fingerprint density at radius 2 is 2.25 bits per heavy atom. The molecule has 1 atom stereocenters. The number of sulfonamides is 1. The summed E-state index contributed by atoms with van der Waals surface area (Å²) < 4.78 is 37.7. The molecular formula is C13H22N2O4S. The number of ether oxygens (including phenoxy) is 1. The van der Waals surface area contributed by atoms with Crippen LogP contribution in [-0.2, 0) is 21.3 Å². The summed E-state index contributed by atoms with van der Waals surface area (Å²) >= 11 is 0. The smallest absolute Gasteiger partial charge is 0.246 e. The van der Waals surface area contributed by atoms with Gasteiger partial charge in [-0.25, -0.2) is 8.42 Å². The minimum absolute atomic E-state index is 0.00842. The minimum atomic E-state index is -3.55. The van der Waals surface area contributed by atoms with Crippen molar-refractivity contribution >= 4 is 10.0 Å². The Kier molecular flexibility index (Phi) is 4.85. The summed E-state index contributed by atoms with van der Waals surface area (Å²) in [5.74, 6) is 0.866. The van der Waals surface area contributed by atoms with Crippen LogP contribution in [0.1, 0.15) is 31.3 Å². The number of hydrogen-bond acceptors (Lipinski definition) is 5. The van der Waals surface area contributed by atoms with Crippen molar-refractivity contribution < 1.29 is 17.6 Å². The first-order valence-electron chi connectivity index (χ1n) is 6.90. The zero-order chi connectivity index (χ0) is 14.8. The van der Waals surface area contributed by atoms with Crippen LogP contribution in [0.2, 0.25) is 0 Å². The van der Waals surface area contributed by atoms with Gasteiger partial charge in [-0.05, 0) is 19.8 Å². The molecule has 2 N–H and O–H groups in total. The van der Waals surface area contributed by atoms with Crippen LogP contribution in [-0.4, -0.2) is 38.5 Å². The van der Waals surface area contributed by atoms with E-state index in [2.05, 4.69) is 0 Å². The van der Waals surface area contributed by atoms with Crippen molar-refractivity contribution in [2.45, 2.75) is 44.2 Å². The van der Waals surface area contributed by atoms with Crippen molar-refractivity contribution in [3.05, 3.63) is 17.6 Å². The van der Waals surface area contributed by atoms with E-state index in [0.717, 1.165) is 12.8 Å². The third-order valence-electron chi connectivity index (χ3n) is 3.53. The SMILES string of the molecule is CCN(CC1CCCO1)S(=O)(=O)c1cc(CN)oc1C. The van der Waals surface area contributed by atoms with Crippen LogP contribution in [0, 0.1) is 6.92 Å². The molecule has 0 spiro atoms. The van der Waals surface area contributed by atoms with Crippen LogP contribution < -0.4 is 5.73 Å². The van der Waals surface area contributed by atoms with E-state index in [1.807, 2.05) is 6.92 Å². The summed E-state index contributed by atoms with van der Waals surface area (Å²) in [4.78, 5) is 0.206. The lowest BCUT2D eigenvalue weighted by molar-refractivity contribution is 0.0946. The molecule has 1 aromatic heterocycles. The monoisotopic (exact) mass is 302 g/mol. The molecule has 1 aliphatic rings. The first-order valence-corrected chi connectivity index (χ1v) is 8.34. The maximum Gasteiger partial charge on any atom is 0.246 e. The van der Waals surface area contributed by atoms with Gasteiger partial charge in [0.25, 0.3) is 0 Å². The molecule has 0 aromatic carbocycles. The van der Waals surface area contributed by atoms with E-state index in [-0.39, 0.29) is 17.5 Å². The highest BCUT2D eigenvalue weighted by atomic mass is 32.2. The van der Waals surface area contributed by atoms with Gasteiger partial charge in [0.1, 0.15) is 16.4 Å². The maximum atomic E-state index is 12.7. The van der Waals surface area contributed by atoms with Crippen LogP contribution in [0.4, 0.5) is 0 Å². The summed E-state index contributed by atoms with van der Waals surface area (Å²) in [5, 5.41) is 0. The molecular weight excluding hydrogens is 280 g/mol. The number of nitrogens with two attached hydrogens (primary N) is 1. The molecule has 2 rings (SSSR count). The topological polar surface area (TPSA) is 85.8 Å². The highest BCUT2D eigenvalue weighted by molar-refractivity contribution is 7.89. The normalized spacial score (nSPS) is 19.9.